The summed E-state index contributed by atoms with van der Waals surface area (Å²) in [7, 11) is 0. The number of allylic oxidation sites excluding steroid dienone is 1. The van der Waals surface area contributed by atoms with Crippen LogP contribution in [0.2, 0.25) is 0 Å². The number of rotatable bonds is 2. The van der Waals surface area contributed by atoms with Crippen LogP contribution in [0.5, 0.6) is 0 Å². The summed E-state index contributed by atoms with van der Waals surface area (Å²) in [6.07, 6.45) is 5.38. The van der Waals surface area contributed by atoms with Crippen molar-refractivity contribution in [3.05, 3.63) is 47.3 Å². The molecule has 0 saturated heterocycles. The van der Waals surface area contributed by atoms with Crippen molar-refractivity contribution < 1.29 is 28.9 Å². The Labute approximate surface area is 201 Å². The average Bonchev–Trinajstić information content (AvgIpc) is 3.32. The Morgan fingerprint density at radius 1 is 1.20 bits per heavy atom. The molecule has 4 aliphatic carbocycles. The Hall–Kier alpha value is -2.65. The molecule has 0 spiro atoms. The van der Waals surface area contributed by atoms with Crippen molar-refractivity contribution in [3.8, 4) is 5.69 Å². The molecular formula is C26H29F2N3O4. The Morgan fingerprint density at radius 3 is 2.66 bits per heavy atom. The number of aliphatic hydroxyl groups is 2. The van der Waals surface area contributed by atoms with Crippen molar-refractivity contribution in [3.63, 3.8) is 0 Å². The molecule has 0 radical (unpaired) electrons. The highest BCUT2D eigenvalue weighted by atomic mass is 19.1. The summed E-state index contributed by atoms with van der Waals surface area (Å²) in [5.74, 6) is -2.79. The van der Waals surface area contributed by atoms with Gasteiger partial charge in [0.15, 0.2) is 5.60 Å². The van der Waals surface area contributed by atoms with Crippen LogP contribution < -0.4 is 0 Å². The molecule has 2 heterocycles. The molecule has 2 aromatic rings. The molecule has 0 aliphatic heterocycles. The van der Waals surface area contributed by atoms with Gasteiger partial charge in [-0.25, -0.2) is 18.9 Å². The number of alkyl halides is 1. The van der Waals surface area contributed by atoms with Crippen molar-refractivity contribution >= 4 is 12.0 Å². The third kappa shape index (κ3) is 2.63. The minimum atomic E-state index is -1.97. The van der Waals surface area contributed by atoms with Crippen molar-refractivity contribution in [1.29, 1.82) is 0 Å². The quantitative estimate of drug-likeness (QED) is 0.563. The van der Waals surface area contributed by atoms with Crippen LogP contribution in [0, 0.1) is 28.6 Å². The maximum atomic E-state index is 17.5. The molecule has 9 heteroatoms. The van der Waals surface area contributed by atoms with Gasteiger partial charge in [0.2, 0.25) is 5.95 Å². The van der Waals surface area contributed by atoms with Crippen LogP contribution in [-0.4, -0.2) is 53.4 Å². The SMILES string of the molecule is C[C@]12Cc3cnn(-c4ccc(F)nc4)c3C=C1CC[C@H]1[C@@H]3CC[C@](O)(C(=O)O)[C@@]3(C)C[C@H](O)[C@@]12F. The van der Waals surface area contributed by atoms with Gasteiger partial charge in [-0.05, 0) is 68.2 Å². The number of hydrogen-bond acceptors (Lipinski definition) is 5. The van der Waals surface area contributed by atoms with E-state index in [0.29, 0.717) is 31.4 Å². The Bertz CT molecular complexity index is 1260. The fourth-order valence-electron chi connectivity index (χ4n) is 8.11. The van der Waals surface area contributed by atoms with Crippen LogP contribution in [-0.2, 0) is 11.2 Å². The first kappa shape index (κ1) is 22.8. The summed E-state index contributed by atoms with van der Waals surface area (Å²) in [6.45, 7) is 3.56. The first-order valence-corrected chi connectivity index (χ1v) is 12.2. The number of carboxylic acid groups (broad SMARTS) is 1. The molecule has 0 amide bonds. The standard InChI is InChI=1S/C26H29F2N3O4/c1-23-10-14-12-30-31(16-4-6-21(27)29-13-16)19(14)9-15(23)3-5-18-17-7-8-25(35,22(33)34)24(17,2)11-20(32)26(18,23)28/h4,6,9,12-13,17-18,20,32,35H,3,5,7-8,10-11H2,1-2H3,(H,33,34)/t17-,18-,20-,23-,24-,25-,26-/m0/s1. The van der Waals surface area contributed by atoms with Gasteiger partial charge in [-0.15, -0.1) is 0 Å². The molecular weight excluding hydrogens is 456 g/mol. The molecule has 7 atom stereocenters. The molecule has 0 unspecified atom stereocenters. The smallest absolute Gasteiger partial charge is 0.336 e. The molecule has 0 bridgehead atoms. The number of aliphatic carboxylic acids is 1. The summed E-state index contributed by atoms with van der Waals surface area (Å²) < 4.78 is 32.5. The van der Waals surface area contributed by atoms with Crippen molar-refractivity contribution in [2.45, 2.75) is 69.7 Å². The molecule has 0 aromatic carbocycles. The molecule has 2 aromatic heterocycles. The van der Waals surface area contributed by atoms with Gasteiger partial charge in [0.05, 0.1) is 29.9 Å². The molecule has 3 N–H and O–H groups in total. The second kappa shape index (κ2) is 6.97. The number of hydrogen-bond donors (Lipinski definition) is 3. The lowest BCUT2D eigenvalue weighted by Crippen LogP contribution is -2.69. The van der Waals surface area contributed by atoms with Gasteiger partial charge in [-0.1, -0.05) is 19.4 Å². The van der Waals surface area contributed by atoms with Gasteiger partial charge in [0.25, 0.3) is 0 Å². The summed E-state index contributed by atoms with van der Waals surface area (Å²) in [5.41, 5.74) is -2.93. The summed E-state index contributed by atoms with van der Waals surface area (Å²) in [4.78, 5) is 15.7. The van der Waals surface area contributed by atoms with E-state index in [4.69, 9.17) is 0 Å². The van der Waals surface area contributed by atoms with Gasteiger partial charge in [0.1, 0.15) is 5.67 Å². The van der Waals surface area contributed by atoms with Gasteiger partial charge in [-0.2, -0.15) is 9.49 Å². The second-order valence-corrected chi connectivity index (χ2v) is 11.3. The largest absolute Gasteiger partial charge is 0.479 e. The maximum Gasteiger partial charge on any atom is 0.336 e. The number of halogens is 2. The highest BCUT2D eigenvalue weighted by Crippen LogP contribution is 2.70. The Kier molecular flexibility index (Phi) is 4.54. The van der Waals surface area contributed by atoms with E-state index < -0.39 is 46.0 Å². The van der Waals surface area contributed by atoms with Crippen LogP contribution in [0.15, 0.2) is 30.1 Å². The van der Waals surface area contributed by atoms with E-state index in [-0.39, 0.29) is 18.8 Å². The van der Waals surface area contributed by atoms with Gasteiger partial charge < -0.3 is 15.3 Å². The van der Waals surface area contributed by atoms with Crippen LogP contribution in [0.3, 0.4) is 0 Å². The topological polar surface area (TPSA) is 108 Å². The fourth-order valence-corrected chi connectivity index (χ4v) is 8.11. The number of pyridine rings is 1. The van der Waals surface area contributed by atoms with Gasteiger partial charge in [-0.3, -0.25) is 0 Å². The number of fused-ring (bicyclic) bond motifs is 6. The van der Waals surface area contributed by atoms with E-state index >= 15 is 4.39 Å². The number of carbonyl (C=O) groups is 1. The number of aromatic nitrogens is 3. The molecule has 3 fully saturated rings. The zero-order chi connectivity index (χ0) is 25.0. The van der Waals surface area contributed by atoms with E-state index in [1.165, 1.54) is 12.3 Å². The molecule has 35 heavy (non-hydrogen) atoms. The predicted octanol–water partition coefficient (Wildman–Crippen LogP) is 3.47. The molecule has 186 valence electrons. The van der Waals surface area contributed by atoms with E-state index in [2.05, 4.69) is 10.1 Å². The zero-order valence-corrected chi connectivity index (χ0v) is 19.7. The minimum absolute atomic E-state index is 0.0604. The van der Waals surface area contributed by atoms with Crippen LogP contribution in [0.1, 0.15) is 57.2 Å². The van der Waals surface area contributed by atoms with Gasteiger partial charge in [0, 0.05) is 16.7 Å². The summed E-state index contributed by atoms with van der Waals surface area (Å²) in [6, 6.07) is 2.85. The highest BCUT2D eigenvalue weighted by Gasteiger charge is 2.74. The van der Waals surface area contributed by atoms with Gasteiger partial charge >= 0.3 is 5.97 Å². The molecule has 3 saturated carbocycles. The van der Waals surface area contributed by atoms with Crippen LogP contribution >= 0.6 is 0 Å². The van der Waals surface area contributed by atoms with Crippen molar-refractivity contribution in [1.82, 2.24) is 14.8 Å². The first-order valence-electron chi connectivity index (χ1n) is 12.2. The average molecular weight is 486 g/mol. The van der Waals surface area contributed by atoms with E-state index in [1.807, 2.05) is 13.0 Å². The number of carboxylic acids is 1. The van der Waals surface area contributed by atoms with E-state index in [1.54, 1.807) is 23.9 Å². The Morgan fingerprint density at radius 2 is 1.97 bits per heavy atom. The molecule has 4 aliphatic rings. The van der Waals surface area contributed by atoms with Crippen LogP contribution in [0.25, 0.3) is 11.8 Å². The summed E-state index contributed by atoms with van der Waals surface area (Å²) in [5, 5.41) is 36.7. The van der Waals surface area contributed by atoms with E-state index in [0.717, 1.165) is 16.8 Å². The highest BCUT2D eigenvalue weighted by molar-refractivity contribution is 5.79. The second-order valence-electron chi connectivity index (χ2n) is 11.3. The molecule has 6 rings (SSSR count). The number of aliphatic hydroxyl groups excluding tert-OH is 1. The number of nitrogens with zero attached hydrogens (tertiary/aromatic N) is 3. The first-order chi connectivity index (χ1) is 16.5. The fraction of sp³-hybridized carbons (Fsp3) is 0.577. The lowest BCUT2D eigenvalue weighted by Gasteiger charge is -2.63. The monoisotopic (exact) mass is 485 g/mol. The lowest BCUT2D eigenvalue weighted by molar-refractivity contribution is -0.229. The maximum absolute atomic E-state index is 17.5. The Balaban J connectivity index is 1.42. The van der Waals surface area contributed by atoms with Crippen molar-refractivity contribution in [2.75, 3.05) is 0 Å². The third-order valence-corrected chi connectivity index (χ3v) is 10.0. The third-order valence-electron chi connectivity index (χ3n) is 10.0. The van der Waals surface area contributed by atoms with Crippen LogP contribution in [0.4, 0.5) is 8.78 Å². The predicted molar refractivity (Wildman–Crippen MR) is 122 cm³/mol. The zero-order valence-electron chi connectivity index (χ0n) is 19.7. The van der Waals surface area contributed by atoms with E-state index in [9.17, 15) is 24.5 Å². The normalized spacial score (nSPS) is 41.9. The lowest BCUT2D eigenvalue weighted by atomic mass is 9.44. The summed E-state index contributed by atoms with van der Waals surface area (Å²) >= 11 is 0. The minimum Gasteiger partial charge on any atom is -0.479 e. The molecule has 7 nitrogen and oxygen atoms in total. The van der Waals surface area contributed by atoms with Crippen molar-refractivity contribution in [2.24, 2.45) is 22.7 Å².